The van der Waals surface area contributed by atoms with Gasteiger partial charge in [-0.3, -0.25) is 4.90 Å². The van der Waals surface area contributed by atoms with Gasteiger partial charge in [-0.05, 0) is 31.9 Å². The molecule has 20 heavy (non-hydrogen) atoms. The molecule has 1 saturated heterocycles. The fraction of sp³-hybridized carbons (Fsp3) is 0.647. The number of hydrogen-bond acceptors (Lipinski definition) is 2. The van der Waals surface area contributed by atoms with Crippen molar-refractivity contribution in [3.63, 3.8) is 0 Å². The molecule has 1 fully saturated rings. The Morgan fingerprint density at radius 1 is 1.20 bits per heavy atom. The Kier molecular flexibility index (Phi) is 5.05. The van der Waals surface area contributed by atoms with E-state index in [0.717, 1.165) is 6.54 Å². The third-order valence-corrected chi connectivity index (χ3v) is 6.54. The molecule has 0 radical (unpaired) electrons. The van der Waals surface area contributed by atoms with Crippen molar-refractivity contribution in [3.8, 4) is 0 Å². The second-order valence-electron chi connectivity index (χ2n) is 7.34. The van der Waals surface area contributed by atoms with Gasteiger partial charge in [-0.1, -0.05) is 55.5 Å². The van der Waals surface area contributed by atoms with Crippen LogP contribution >= 0.6 is 0 Å². The predicted molar refractivity (Wildman–Crippen MR) is 91.1 cm³/mol. The molecule has 1 aliphatic heterocycles. The Morgan fingerprint density at radius 2 is 1.85 bits per heavy atom. The highest BCUT2D eigenvalue weighted by molar-refractivity contribution is 6.88. The maximum atomic E-state index is 6.16. The summed E-state index contributed by atoms with van der Waals surface area (Å²) in [5, 5.41) is 1.55. The molecule has 0 amide bonds. The third kappa shape index (κ3) is 3.93. The van der Waals surface area contributed by atoms with Gasteiger partial charge in [0, 0.05) is 18.6 Å². The SMILES string of the molecule is CC(N)C1CCCCN1Cc1ccc([Si](C)(C)C)cc1. The van der Waals surface area contributed by atoms with Crippen molar-refractivity contribution in [3.05, 3.63) is 29.8 Å². The number of rotatable bonds is 4. The van der Waals surface area contributed by atoms with Crippen LogP contribution in [0.2, 0.25) is 19.6 Å². The van der Waals surface area contributed by atoms with Gasteiger partial charge in [-0.2, -0.15) is 0 Å². The molecule has 1 aromatic carbocycles. The van der Waals surface area contributed by atoms with Crippen LogP contribution in [-0.2, 0) is 6.54 Å². The van der Waals surface area contributed by atoms with E-state index in [1.54, 1.807) is 5.19 Å². The van der Waals surface area contributed by atoms with Crippen LogP contribution in [0, 0.1) is 0 Å². The van der Waals surface area contributed by atoms with Crippen molar-refractivity contribution < 1.29 is 0 Å². The molecule has 1 heterocycles. The Labute approximate surface area is 125 Å². The maximum absolute atomic E-state index is 6.16. The minimum absolute atomic E-state index is 0.275. The van der Waals surface area contributed by atoms with Crippen LogP contribution in [0.5, 0.6) is 0 Å². The molecule has 0 bridgehead atoms. The first-order chi connectivity index (χ1) is 9.38. The highest BCUT2D eigenvalue weighted by atomic mass is 28.3. The Hall–Kier alpha value is -0.643. The molecule has 1 aliphatic rings. The van der Waals surface area contributed by atoms with E-state index < -0.39 is 8.07 Å². The van der Waals surface area contributed by atoms with Gasteiger partial charge < -0.3 is 5.73 Å². The molecular weight excluding hydrogens is 260 g/mol. The number of likely N-dealkylation sites (tertiary alicyclic amines) is 1. The van der Waals surface area contributed by atoms with Crippen LogP contribution in [0.25, 0.3) is 0 Å². The second-order valence-corrected chi connectivity index (χ2v) is 12.4. The highest BCUT2D eigenvalue weighted by Crippen LogP contribution is 2.21. The number of nitrogens with zero attached hydrogens (tertiary/aromatic N) is 1. The minimum Gasteiger partial charge on any atom is -0.327 e. The molecule has 2 unspecified atom stereocenters. The quantitative estimate of drug-likeness (QED) is 0.864. The monoisotopic (exact) mass is 290 g/mol. The number of nitrogens with two attached hydrogens (primary N) is 1. The van der Waals surface area contributed by atoms with Crippen molar-refractivity contribution in [1.82, 2.24) is 4.90 Å². The topological polar surface area (TPSA) is 29.3 Å². The van der Waals surface area contributed by atoms with Gasteiger partial charge in [-0.15, -0.1) is 0 Å². The van der Waals surface area contributed by atoms with E-state index in [0.29, 0.717) is 6.04 Å². The lowest BCUT2D eigenvalue weighted by atomic mass is 9.96. The largest absolute Gasteiger partial charge is 0.327 e. The van der Waals surface area contributed by atoms with Crippen molar-refractivity contribution >= 4 is 13.3 Å². The van der Waals surface area contributed by atoms with Crippen LogP contribution in [0.4, 0.5) is 0 Å². The molecule has 112 valence electrons. The Bertz CT molecular complexity index is 420. The average molecular weight is 291 g/mol. The van der Waals surface area contributed by atoms with Crippen LogP contribution in [-0.4, -0.2) is 31.6 Å². The van der Waals surface area contributed by atoms with Gasteiger partial charge >= 0.3 is 0 Å². The van der Waals surface area contributed by atoms with E-state index in [4.69, 9.17) is 5.73 Å². The molecule has 0 aromatic heterocycles. The maximum Gasteiger partial charge on any atom is 0.0775 e. The molecule has 2 nitrogen and oxygen atoms in total. The number of benzene rings is 1. The van der Waals surface area contributed by atoms with Gasteiger partial charge in [0.05, 0.1) is 8.07 Å². The van der Waals surface area contributed by atoms with E-state index >= 15 is 0 Å². The summed E-state index contributed by atoms with van der Waals surface area (Å²) in [7, 11) is -1.17. The van der Waals surface area contributed by atoms with E-state index in [1.807, 2.05) is 0 Å². The molecule has 2 rings (SSSR count). The van der Waals surface area contributed by atoms with E-state index in [9.17, 15) is 0 Å². The van der Waals surface area contributed by atoms with Gasteiger partial charge in [0.1, 0.15) is 0 Å². The smallest absolute Gasteiger partial charge is 0.0775 e. The summed E-state index contributed by atoms with van der Waals surface area (Å²) >= 11 is 0. The van der Waals surface area contributed by atoms with Crippen LogP contribution < -0.4 is 10.9 Å². The summed E-state index contributed by atoms with van der Waals surface area (Å²) in [5.74, 6) is 0. The molecule has 3 heteroatoms. The zero-order valence-electron chi connectivity index (χ0n) is 13.5. The summed E-state index contributed by atoms with van der Waals surface area (Å²) in [6.07, 6.45) is 3.90. The Morgan fingerprint density at radius 3 is 2.40 bits per heavy atom. The van der Waals surface area contributed by atoms with Crippen molar-refractivity contribution in [2.45, 2.75) is 64.5 Å². The summed E-state index contributed by atoms with van der Waals surface area (Å²) < 4.78 is 0. The van der Waals surface area contributed by atoms with Crippen molar-refractivity contribution in [2.75, 3.05) is 6.54 Å². The van der Waals surface area contributed by atoms with Gasteiger partial charge in [0.25, 0.3) is 0 Å². The fourth-order valence-electron chi connectivity index (χ4n) is 3.15. The van der Waals surface area contributed by atoms with Crippen molar-refractivity contribution in [2.24, 2.45) is 5.73 Å². The first kappa shape index (κ1) is 15.7. The molecule has 2 N–H and O–H groups in total. The molecule has 2 atom stereocenters. The van der Waals surface area contributed by atoms with Crippen molar-refractivity contribution in [1.29, 1.82) is 0 Å². The standard InChI is InChI=1S/C17H30N2Si/c1-14(18)17-7-5-6-12-19(17)13-15-8-10-16(11-9-15)20(2,3)4/h8-11,14,17H,5-7,12-13,18H2,1-4H3. The highest BCUT2D eigenvalue weighted by Gasteiger charge is 2.25. The molecule has 0 spiro atoms. The van der Waals surface area contributed by atoms with Gasteiger partial charge in [0.2, 0.25) is 0 Å². The first-order valence-electron chi connectivity index (χ1n) is 7.97. The summed E-state index contributed by atoms with van der Waals surface area (Å²) in [6, 6.07) is 10.1. The number of hydrogen-bond donors (Lipinski definition) is 1. The Balaban J connectivity index is 2.05. The van der Waals surface area contributed by atoms with Gasteiger partial charge in [0.15, 0.2) is 0 Å². The minimum atomic E-state index is -1.17. The zero-order chi connectivity index (χ0) is 14.8. The first-order valence-corrected chi connectivity index (χ1v) is 11.5. The van der Waals surface area contributed by atoms with Crippen LogP contribution in [0.1, 0.15) is 31.7 Å². The average Bonchev–Trinajstić information content (AvgIpc) is 2.38. The zero-order valence-corrected chi connectivity index (χ0v) is 14.5. The second kappa shape index (κ2) is 6.42. The fourth-order valence-corrected chi connectivity index (χ4v) is 4.32. The predicted octanol–water partition coefficient (Wildman–Crippen LogP) is 2.93. The lowest BCUT2D eigenvalue weighted by Crippen LogP contribution is -2.48. The third-order valence-electron chi connectivity index (χ3n) is 4.48. The summed E-state index contributed by atoms with van der Waals surface area (Å²) in [4.78, 5) is 2.58. The molecule has 1 aromatic rings. The van der Waals surface area contributed by atoms with E-state index in [-0.39, 0.29) is 6.04 Å². The van der Waals surface area contributed by atoms with E-state index in [1.165, 1.54) is 31.4 Å². The van der Waals surface area contributed by atoms with Crippen LogP contribution in [0.3, 0.4) is 0 Å². The summed E-state index contributed by atoms with van der Waals surface area (Å²) in [6.45, 7) is 11.6. The lowest BCUT2D eigenvalue weighted by Gasteiger charge is -2.38. The molecule has 0 saturated carbocycles. The molecular formula is C17H30N2Si. The van der Waals surface area contributed by atoms with E-state index in [2.05, 4.69) is 55.7 Å². The normalized spacial score (nSPS) is 22.8. The lowest BCUT2D eigenvalue weighted by molar-refractivity contribution is 0.123. The number of piperidine rings is 1. The summed E-state index contributed by atoms with van der Waals surface area (Å²) in [5.41, 5.74) is 7.59. The molecule has 0 aliphatic carbocycles. The van der Waals surface area contributed by atoms with Crippen LogP contribution in [0.15, 0.2) is 24.3 Å². The van der Waals surface area contributed by atoms with Gasteiger partial charge in [-0.25, -0.2) is 0 Å².